The van der Waals surface area contributed by atoms with Crippen molar-refractivity contribution in [3.8, 4) is 11.4 Å². The van der Waals surface area contributed by atoms with E-state index in [1.165, 1.54) is 0 Å². The van der Waals surface area contributed by atoms with Crippen molar-refractivity contribution in [3.63, 3.8) is 0 Å². The molecule has 3 heterocycles. The Hall–Kier alpha value is -1.85. The highest BCUT2D eigenvalue weighted by molar-refractivity contribution is 5.53. The monoisotopic (exact) mass is 298 g/mol. The molecule has 0 amide bonds. The van der Waals surface area contributed by atoms with E-state index in [2.05, 4.69) is 27.2 Å². The van der Waals surface area contributed by atoms with Crippen LogP contribution in [0.2, 0.25) is 0 Å². The van der Waals surface area contributed by atoms with Crippen LogP contribution in [0.25, 0.3) is 11.4 Å². The van der Waals surface area contributed by atoms with E-state index in [9.17, 15) is 0 Å². The predicted octanol–water partition coefficient (Wildman–Crippen LogP) is 2.68. The van der Waals surface area contributed by atoms with Gasteiger partial charge in [0.05, 0.1) is 0 Å². The quantitative estimate of drug-likeness (QED) is 0.940. The first-order valence-electron chi connectivity index (χ1n) is 7.82. The summed E-state index contributed by atoms with van der Waals surface area (Å²) in [6.45, 7) is 5.92. The number of hydrogen-bond acceptors (Lipinski definition) is 5. The van der Waals surface area contributed by atoms with Gasteiger partial charge >= 0.3 is 0 Å². The summed E-state index contributed by atoms with van der Waals surface area (Å²) >= 11 is 0. The van der Waals surface area contributed by atoms with Gasteiger partial charge in [-0.25, -0.2) is 9.97 Å². The maximum absolute atomic E-state index is 5.41. The maximum atomic E-state index is 5.41. The van der Waals surface area contributed by atoms with Gasteiger partial charge in [0, 0.05) is 60.7 Å². The molecule has 2 aromatic rings. The summed E-state index contributed by atoms with van der Waals surface area (Å²) in [6.07, 6.45) is 7.60. The molecule has 0 aromatic carbocycles. The molecule has 5 heteroatoms. The summed E-state index contributed by atoms with van der Waals surface area (Å²) in [4.78, 5) is 13.2. The highest BCUT2D eigenvalue weighted by atomic mass is 16.5. The minimum Gasteiger partial charge on any atom is -0.381 e. The Morgan fingerprint density at radius 2 is 1.95 bits per heavy atom. The Balaban J connectivity index is 1.74. The lowest BCUT2D eigenvalue weighted by Crippen LogP contribution is -2.36. The van der Waals surface area contributed by atoms with Crippen molar-refractivity contribution in [1.82, 2.24) is 20.3 Å². The van der Waals surface area contributed by atoms with Crippen LogP contribution < -0.4 is 5.32 Å². The number of pyridine rings is 1. The molecule has 0 saturated carbocycles. The molecule has 3 rings (SSSR count). The van der Waals surface area contributed by atoms with Crippen molar-refractivity contribution in [2.75, 3.05) is 13.2 Å². The fraction of sp³-hybridized carbons (Fsp3) is 0.471. The third kappa shape index (κ3) is 3.48. The molecule has 0 spiro atoms. The summed E-state index contributed by atoms with van der Waals surface area (Å²) in [5.41, 5.74) is 3.17. The third-order valence-corrected chi connectivity index (χ3v) is 4.13. The topological polar surface area (TPSA) is 59.9 Å². The zero-order valence-electron chi connectivity index (χ0n) is 13.1. The lowest BCUT2D eigenvalue weighted by molar-refractivity contribution is 0.0754. The van der Waals surface area contributed by atoms with Gasteiger partial charge in [-0.15, -0.1) is 0 Å². The molecule has 1 aliphatic heterocycles. The van der Waals surface area contributed by atoms with Crippen LogP contribution in [0.1, 0.15) is 37.1 Å². The number of aryl methyl sites for hydroxylation is 1. The first kappa shape index (κ1) is 15.1. The summed E-state index contributed by atoms with van der Waals surface area (Å²) < 4.78 is 5.41. The van der Waals surface area contributed by atoms with Crippen molar-refractivity contribution in [2.24, 2.45) is 0 Å². The molecular formula is C17H22N4O. The van der Waals surface area contributed by atoms with Crippen molar-refractivity contribution in [2.45, 2.75) is 38.8 Å². The van der Waals surface area contributed by atoms with Crippen LogP contribution >= 0.6 is 0 Å². The zero-order valence-corrected chi connectivity index (χ0v) is 13.1. The second kappa shape index (κ2) is 6.94. The van der Waals surface area contributed by atoms with Gasteiger partial charge in [-0.2, -0.15) is 0 Å². The number of aromatic nitrogens is 3. The Kier molecular flexibility index (Phi) is 4.75. The third-order valence-electron chi connectivity index (χ3n) is 4.13. The number of rotatable bonds is 4. The molecule has 0 bridgehead atoms. The molecule has 5 nitrogen and oxygen atoms in total. The molecule has 1 unspecified atom stereocenters. The molecule has 1 fully saturated rings. The van der Waals surface area contributed by atoms with Gasteiger partial charge in [-0.3, -0.25) is 4.98 Å². The van der Waals surface area contributed by atoms with Gasteiger partial charge in [0.25, 0.3) is 0 Å². The Morgan fingerprint density at radius 1 is 1.23 bits per heavy atom. The average Bonchev–Trinajstić information content (AvgIpc) is 2.56. The van der Waals surface area contributed by atoms with Gasteiger partial charge in [-0.1, -0.05) is 0 Å². The smallest absolute Gasteiger partial charge is 0.159 e. The van der Waals surface area contributed by atoms with Crippen LogP contribution in [0.3, 0.4) is 0 Å². The van der Waals surface area contributed by atoms with Gasteiger partial charge in [0.2, 0.25) is 0 Å². The van der Waals surface area contributed by atoms with Crippen molar-refractivity contribution >= 4 is 0 Å². The van der Waals surface area contributed by atoms with Crippen LogP contribution in [0, 0.1) is 6.92 Å². The molecular weight excluding hydrogens is 276 g/mol. The van der Waals surface area contributed by atoms with Gasteiger partial charge in [-0.05, 0) is 38.8 Å². The van der Waals surface area contributed by atoms with E-state index in [0.29, 0.717) is 6.04 Å². The predicted molar refractivity (Wildman–Crippen MR) is 85.4 cm³/mol. The summed E-state index contributed by atoms with van der Waals surface area (Å²) in [5, 5.41) is 3.67. The van der Waals surface area contributed by atoms with E-state index < -0.39 is 0 Å². The highest BCUT2D eigenvalue weighted by Gasteiger charge is 2.18. The number of nitrogens with zero attached hydrogens (tertiary/aromatic N) is 3. The average molecular weight is 298 g/mol. The number of nitrogens with one attached hydrogen (secondary N) is 1. The lowest BCUT2D eigenvalue weighted by Gasteiger charge is -2.27. The van der Waals surface area contributed by atoms with Gasteiger partial charge < -0.3 is 10.1 Å². The van der Waals surface area contributed by atoms with E-state index >= 15 is 0 Å². The molecule has 2 aromatic heterocycles. The Labute approximate surface area is 131 Å². The first-order chi connectivity index (χ1) is 10.7. The van der Waals surface area contributed by atoms with Crippen molar-refractivity contribution < 1.29 is 4.74 Å². The normalized spacial score (nSPS) is 17.4. The number of hydrogen-bond donors (Lipinski definition) is 1. The molecule has 0 radical (unpaired) electrons. The zero-order chi connectivity index (χ0) is 15.4. The summed E-state index contributed by atoms with van der Waals surface area (Å²) in [6, 6.07) is 4.62. The van der Waals surface area contributed by atoms with Crippen LogP contribution in [0.5, 0.6) is 0 Å². The molecule has 1 atom stereocenters. The second-order valence-electron chi connectivity index (χ2n) is 5.75. The van der Waals surface area contributed by atoms with Gasteiger partial charge in [0.1, 0.15) is 0 Å². The number of ether oxygens (including phenoxy) is 1. The maximum Gasteiger partial charge on any atom is 0.159 e. The van der Waals surface area contributed by atoms with Crippen LogP contribution in [-0.2, 0) is 4.74 Å². The van der Waals surface area contributed by atoms with E-state index in [1.807, 2.05) is 25.3 Å². The standard InChI is InChI=1S/C17H22N4O/c1-12(20-15-5-9-22-10-6-15)16-11-19-17(21-13(16)2)14-3-7-18-8-4-14/h3-4,7-8,11-12,15,20H,5-6,9-10H2,1-2H3. The Bertz CT molecular complexity index is 611. The van der Waals surface area contributed by atoms with Crippen molar-refractivity contribution in [3.05, 3.63) is 42.0 Å². The van der Waals surface area contributed by atoms with Crippen molar-refractivity contribution in [1.29, 1.82) is 0 Å². The molecule has 1 N–H and O–H groups in total. The molecule has 0 aliphatic carbocycles. The lowest BCUT2D eigenvalue weighted by atomic mass is 10.0. The molecule has 116 valence electrons. The van der Waals surface area contributed by atoms with E-state index in [0.717, 1.165) is 48.7 Å². The highest BCUT2D eigenvalue weighted by Crippen LogP contribution is 2.21. The minimum atomic E-state index is 0.245. The van der Waals surface area contributed by atoms with Crippen LogP contribution in [-0.4, -0.2) is 34.2 Å². The minimum absolute atomic E-state index is 0.245. The van der Waals surface area contributed by atoms with Gasteiger partial charge in [0.15, 0.2) is 5.82 Å². The molecule has 22 heavy (non-hydrogen) atoms. The van der Waals surface area contributed by atoms with Crippen LogP contribution in [0.4, 0.5) is 0 Å². The fourth-order valence-electron chi connectivity index (χ4n) is 2.85. The van der Waals surface area contributed by atoms with E-state index in [-0.39, 0.29) is 6.04 Å². The SMILES string of the molecule is Cc1nc(-c2ccncc2)ncc1C(C)NC1CCOCC1. The molecule has 1 saturated heterocycles. The second-order valence-corrected chi connectivity index (χ2v) is 5.75. The summed E-state index contributed by atoms with van der Waals surface area (Å²) in [7, 11) is 0. The van der Waals surface area contributed by atoms with Crippen LogP contribution in [0.15, 0.2) is 30.7 Å². The first-order valence-corrected chi connectivity index (χ1v) is 7.82. The summed E-state index contributed by atoms with van der Waals surface area (Å²) in [5.74, 6) is 0.752. The largest absolute Gasteiger partial charge is 0.381 e. The Morgan fingerprint density at radius 3 is 2.64 bits per heavy atom. The van der Waals surface area contributed by atoms with E-state index in [1.54, 1.807) is 12.4 Å². The molecule has 1 aliphatic rings. The fourth-order valence-corrected chi connectivity index (χ4v) is 2.85. The van der Waals surface area contributed by atoms with E-state index in [4.69, 9.17) is 4.74 Å².